The van der Waals surface area contributed by atoms with Crippen LogP contribution in [-0.2, 0) is 0 Å². The summed E-state index contributed by atoms with van der Waals surface area (Å²) in [7, 11) is 0. The number of aromatic nitrogens is 1. The molecule has 16 heavy (non-hydrogen) atoms. The van der Waals surface area contributed by atoms with Gasteiger partial charge < -0.3 is 11.1 Å². The number of hydrogen-bond donors (Lipinski definition) is 2. The Hall–Kier alpha value is -1.16. The van der Waals surface area contributed by atoms with E-state index in [2.05, 4.69) is 10.3 Å². The van der Waals surface area contributed by atoms with E-state index < -0.39 is 0 Å². The van der Waals surface area contributed by atoms with Crippen molar-refractivity contribution in [3.63, 3.8) is 0 Å². The lowest BCUT2D eigenvalue weighted by molar-refractivity contribution is 0.335. The van der Waals surface area contributed by atoms with Gasteiger partial charge in [-0.05, 0) is 37.3 Å². The van der Waals surface area contributed by atoms with Gasteiger partial charge in [0.2, 0.25) is 0 Å². The number of pyridine rings is 1. The van der Waals surface area contributed by atoms with E-state index in [4.69, 9.17) is 5.73 Å². The number of hydrogen-bond acceptors (Lipinski definition) is 3. The maximum absolute atomic E-state index is 12.6. The Kier molecular flexibility index (Phi) is 3.72. The molecule has 0 aliphatic heterocycles. The summed E-state index contributed by atoms with van der Waals surface area (Å²) < 4.78 is 12.6. The van der Waals surface area contributed by atoms with Gasteiger partial charge in [0.1, 0.15) is 11.6 Å². The lowest BCUT2D eigenvalue weighted by Crippen LogP contribution is -2.31. The fraction of sp³-hybridized carbons (Fsp3) is 0.583. The summed E-state index contributed by atoms with van der Waals surface area (Å²) in [5.41, 5.74) is 5.92. The molecule has 88 valence electrons. The van der Waals surface area contributed by atoms with Crippen LogP contribution in [0.3, 0.4) is 0 Å². The molecule has 1 fully saturated rings. The molecule has 1 aliphatic rings. The zero-order valence-corrected chi connectivity index (χ0v) is 9.32. The minimum absolute atomic E-state index is 0.301. The summed E-state index contributed by atoms with van der Waals surface area (Å²) in [4.78, 5) is 3.96. The number of nitrogens with one attached hydrogen (secondary N) is 1. The predicted octanol–water partition coefficient (Wildman–Crippen LogP) is 2.15. The molecule has 4 heteroatoms. The molecule has 1 aromatic heterocycles. The first kappa shape index (κ1) is 11.3. The van der Waals surface area contributed by atoms with Crippen molar-refractivity contribution in [2.24, 2.45) is 11.7 Å². The van der Waals surface area contributed by atoms with Crippen molar-refractivity contribution in [2.45, 2.75) is 31.7 Å². The molecule has 1 aliphatic carbocycles. The molecule has 2 atom stereocenters. The highest BCUT2D eigenvalue weighted by atomic mass is 19.1. The van der Waals surface area contributed by atoms with Crippen LogP contribution in [0.4, 0.5) is 10.2 Å². The molecule has 3 N–H and O–H groups in total. The van der Waals surface area contributed by atoms with Crippen molar-refractivity contribution in [1.82, 2.24) is 4.98 Å². The lowest BCUT2D eigenvalue weighted by Gasteiger charge is -2.26. The normalized spacial score (nSPS) is 25.4. The van der Waals surface area contributed by atoms with Gasteiger partial charge in [-0.25, -0.2) is 9.37 Å². The molecule has 1 heterocycles. The van der Waals surface area contributed by atoms with Gasteiger partial charge in [-0.1, -0.05) is 6.42 Å². The Morgan fingerprint density at radius 3 is 3.00 bits per heavy atom. The fourth-order valence-corrected chi connectivity index (χ4v) is 2.25. The molecule has 1 aromatic rings. The molecule has 1 saturated carbocycles. The Bertz CT molecular complexity index is 326. The second-order valence-electron chi connectivity index (χ2n) is 4.54. The van der Waals surface area contributed by atoms with Crippen LogP contribution >= 0.6 is 0 Å². The second-order valence-corrected chi connectivity index (χ2v) is 4.54. The molecule has 3 nitrogen and oxygen atoms in total. The number of nitrogens with two attached hydrogens (primary N) is 1. The molecular weight excluding hydrogens is 205 g/mol. The molecule has 0 aromatic carbocycles. The summed E-state index contributed by atoms with van der Waals surface area (Å²) >= 11 is 0. The zero-order valence-electron chi connectivity index (χ0n) is 9.32. The van der Waals surface area contributed by atoms with Crippen LogP contribution in [0.5, 0.6) is 0 Å². The van der Waals surface area contributed by atoms with E-state index in [1.165, 1.54) is 25.1 Å². The first-order valence-electron chi connectivity index (χ1n) is 5.85. The smallest absolute Gasteiger partial charge is 0.141 e. The standard InChI is InChI=1S/C12H18FN3/c13-10-4-5-12(16-8-10)15-7-9-2-1-3-11(14)6-9/h4-5,8-9,11H,1-3,6-7,14H2,(H,15,16). The molecule has 0 bridgehead atoms. The van der Waals surface area contributed by atoms with Crippen molar-refractivity contribution >= 4 is 5.82 Å². The lowest BCUT2D eigenvalue weighted by atomic mass is 9.86. The first-order chi connectivity index (χ1) is 7.74. The van der Waals surface area contributed by atoms with Gasteiger partial charge in [0.25, 0.3) is 0 Å². The molecule has 0 amide bonds. The Labute approximate surface area is 95.3 Å². The Morgan fingerprint density at radius 2 is 2.31 bits per heavy atom. The van der Waals surface area contributed by atoms with Crippen molar-refractivity contribution in [2.75, 3.05) is 11.9 Å². The summed E-state index contributed by atoms with van der Waals surface area (Å²) in [5, 5.41) is 3.23. The third-order valence-electron chi connectivity index (χ3n) is 3.12. The topological polar surface area (TPSA) is 50.9 Å². The van der Waals surface area contributed by atoms with Gasteiger partial charge in [0.05, 0.1) is 6.20 Å². The van der Waals surface area contributed by atoms with Crippen molar-refractivity contribution in [3.8, 4) is 0 Å². The highest BCUT2D eigenvalue weighted by molar-refractivity contribution is 5.33. The maximum Gasteiger partial charge on any atom is 0.141 e. The minimum atomic E-state index is -0.301. The van der Waals surface area contributed by atoms with Crippen molar-refractivity contribution in [1.29, 1.82) is 0 Å². The van der Waals surface area contributed by atoms with Crippen LogP contribution in [-0.4, -0.2) is 17.6 Å². The SMILES string of the molecule is NC1CCCC(CNc2ccc(F)cn2)C1. The third kappa shape index (κ3) is 3.17. The van der Waals surface area contributed by atoms with E-state index in [0.717, 1.165) is 25.2 Å². The van der Waals surface area contributed by atoms with Crippen molar-refractivity contribution in [3.05, 3.63) is 24.1 Å². The van der Waals surface area contributed by atoms with Gasteiger partial charge in [0, 0.05) is 12.6 Å². The minimum Gasteiger partial charge on any atom is -0.370 e. The Morgan fingerprint density at radius 1 is 1.44 bits per heavy atom. The average Bonchev–Trinajstić information content (AvgIpc) is 2.28. The van der Waals surface area contributed by atoms with E-state index >= 15 is 0 Å². The van der Waals surface area contributed by atoms with Crippen LogP contribution in [0.25, 0.3) is 0 Å². The average molecular weight is 223 g/mol. The van der Waals surface area contributed by atoms with E-state index in [9.17, 15) is 4.39 Å². The summed E-state index contributed by atoms with van der Waals surface area (Å²) in [5.74, 6) is 1.06. The van der Waals surface area contributed by atoms with Gasteiger partial charge in [-0.2, -0.15) is 0 Å². The van der Waals surface area contributed by atoms with E-state index in [0.29, 0.717) is 12.0 Å². The van der Waals surface area contributed by atoms with E-state index in [1.807, 2.05) is 0 Å². The summed E-state index contributed by atoms with van der Waals surface area (Å²) in [6, 6.07) is 3.43. The number of rotatable bonds is 3. The number of nitrogens with zero attached hydrogens (tertiary/aromatic N) is 1. The van der Waals surface area contributed by atoms with Crippen LogP contribution in [0.1, 0.15) is 25.7 Å². The fourth-order valence-electron chi connectivity index (χ4n) is 2.25. The number of halogens is 1. The van der Waals surface area contributed by atoms with E-state index in [1.54, 1.807) is 6.07 Å². The molecule has 0 spiro atoms. The first-order valence-corrected chi connectivity index (χ1v) is 5.85. The largest absolute Gasteiger partial charge is 0.370 e. The molecule has 0 radical (unpaired) electrons. The van der Waals surface area contributed by atoms with Gasteiger partial charge in [-0.15, -0.1) is 0 Å². The monoisotopic (exact) mass is 223 g/mol. The zero-order chi connectivity index (χ0) is 11.4. The van der Waals surface area contributed by atoms with Gasteiger partial charge >= 0.3 is 0 Å². The van der Waals surface area contributed by atoms with E-state index in [-0.39, 0.29) is 5.82 Å². The third-order valence-corrected chi connectivity index (χ3v) is 3.12. The highest BCUT2D eigenvalue weighted by Crippen LogP contribution is 2.23. The van der Waals surface area contributed by atoms with Gasteiger partial charge in [0.15, 0.2) is 0 Å². The predicted molar refractivity (Wildman–Crippen MR) is 62.6 cm³/mol. The molecule has 2 unspecified atom stereocenters. The highest BCUT2D eigenvalue weighted by Gasteiger charge is 2.18. The quantitative estimate of drug-likeness (QED) is 0.825. The van der Waals surface area contributed by atoms with Crippen LogP contribution in [0.2, 0.25) is 0 Å². The number of anilines is 1. The molecule has 2 rings (SSSR count). The summed E-state index contributed by atoms with van der Waals surface area (Å²) in [6.45, 7) is 0.881. The van der Waals surface area contributed by atoms with Crippen molar-refractivity contribution < 1.29 is 4.39 Å². The summed E-state index contributed by atoms with van der Waals surface area (Å²) in [6.07, 6.45) is 5.89. The maximum atomic E-state index is 12.6. The van der Waals surface area contributed by atoms with Gasteiger partial charge in [-0.3, -0.25) is 0 Å². The molecular formula is C12H18FN3. The van der Waals surface area contributed by atoms with Crippen LogP contribution in [0, 0.1) is 11.7 Å². The second kappa shape index (κ2) is 5.25. The van der Waals surface area contributed by atoms with Crippen LogP contribution in [0.15, 0.2) is 18.3 Å². The molecule has 0 saturated heterocycles. The van der Waals surface area contributed by atoms with Crippen LogP contribution < -0.4 is 11.1 Å². The Balaban J connectivity index is 1.80.